The van der Waals surface area contributed by atoms with E-state index in [0.717, 1.165) is 23.8 Å². The van der Waals surface area contributed by atoms with E-state index in [0.29, 0.717) is 45.3 Å². The molecule has 2 heterocycles. The van der Waals surface area contributed by atoms with Gasteiger partial charge in [0, 0.05) is 43.7 Å². The minimum atomic E-state index is -0.796. The highest BCUT2D eigenvalue weighted by Gasteiger charge is 2.41. The van der Waals surface area contributed by atoms with Crippen LogP contribution in [0, 0.1) is 11.6 Å². The first-order valence-electron chi connectivity index (χ1n) is 10.8. The van der Waals surface area contributed by atoms with Gasteiger partial charge in [0.05, 0.1) is 0 Å². The number of carbonyl (C=O) groups excluding carboxylic acids is 3. The summed E-state index contributed by atoms with van der Waals surface area (Å²) < 4.78 is 26.9. The first kappa shape index (κ1) is 21.9. The average Bonchev–Trinajstić information content (AvgIpc) is 3.18. The number of halogens is 2. The Balaban J connectivity index is 1.36. The van der Waals surface area contributed by atoms with Crippen molar-refractivity contribution in [2.45, 2.75) is 44.3 Å². The fourth-order valence-corrected chi connectivity index (χ4v) is 4.53. The Hall–Kier alpha value is -3.29. The van der Waals surface area contributed by atoms with Crippen LogP contribution in [-0.4, -0.2) is 52.7 Å². The summed E-state index contributed by atoms with van der Waals surface area (Å²) in [5.74, 6) is -2.26. The molecule has 2 aliphatic rings. The Morgan fingerprint density at radius 3 is 2.28 bits per heavy atom. The predicted octanol–water partition coefficient (Wildman–Crippen LogP) is 2.88. The lowest BCUT2D eigenvalue weighted by molar-refractivity contribution is -0.138. The monoisotopic (exact) mass is 441 g/mol. The van der Waals surface area contributed by atoms with Gasteiger partial charge in [-0.3, -0.25) is 14.4 Å². The van der Waals surface area contributed by atoms with E-state index in [4.69, 9.17) is 0 Å². The third-order valence-electron chi connectivity index (χ3n) is 6.12. The van der Waals surface area contributed by atoms with E-state index in [1.165, 1.54) is 4.90 Å². The maximum absolute atomic E-state index is 13.5. The fourth-order valence-electron chi connectivity index (χ4n) is 4.53. The molecule has 2 aromatic carbocycles. The molecule has 2 aliphatic heterocycles. The summed E-state index contributed by atoms with van der Waals surface area (Å²) in [7, 11) is 0. The molecule has 6 nitrogen and oxygen atoms in total. The van der Waals surface area contributed by atoms with E-state index in [1.807, 2.05) is 30.3 Å². The lowest BCUT2D eigenvalue weighted by Gasteiger charge is -2.39. The molecule has 2 aromatic rings. The van der Waals surface area contributed by atoms with Gasteiger partial charge in [-0.1, -0.05) is 30.3 Å². The first-order valence-corrected chi connectivity index (χ1v) is 10.8. The second-order valence-corrected chi connectivity index (χ2v) is 8.24. The summed E-state index contributed by atoms with van der Waals surface area (Å²) in [6, 6.07) is 11.7. The van der Waals surface area contributed by atoms with E-state index < -0.39 is 23.6 Å². The molecule has 8 heteroatoms. The Morgan fingerprint density at radius 1 is 0.969 bits per heavy atom. The van der Waals surface area contributed by atoms with Crippen LogP contribution in [0.1, 0.15) is 41.6 Å². The van der Waals surface area contributed by atoms with Gasteiger partial charge in [0.2, 0.25) is 11.8 Å². The number of amides is 3. The summed E-state index contributed by atoms with van der Waals surface area (Å²) in [4.78, 5) is 41.2. The molecule has 2 saturated heterocycles. The number of rotatable bonds is 5. The molecule has 3 amide bonds. The number of piperidine rings is 1. The van der Waals surface area contributed by atoms with Crippen LogP contribution in [0.2, 0.25) is 0 Å². The summed E-state index contributed by atoms with van der Waals surface area (Å²) in [5, 5.41) is 2.92. The van der Waals surface area contributed by atoms with E-state index in [9.17, 15) is 23.2 Å². The van der Waals surface area contributed by atoms with E-state index >= 15 is 0 Å². The fraction of sp³-hybridized carbons (Fsp3) is 0.375. The normalized spacial score (nSPS) is 19.3. The maximum Gasteiger partial charge on any atom is 0.254 e. The summed E-state index contributed by atoms with van der Waals surface area (Å²) in [6.45, 7) is 1.10. The molecule has 1 unspecified atom stereocenters. The van der Waals surface area contributed by atoms with Crippen LogP contribution in [0.5, 0.6) is 0 Å². The van der Waals surface area contributed by atoms with Gasteiger partial charge >= 0.3 is 0 Å². The van der Waals surface area contributed by atoms with Crippen LogP contribution < -0.4 is 5.32 Å². The van der Waals surface area contributed by atoms with Gasteiger partial charge in [-0.2, -0.15) is 0 Å². The third-order valence-corrected chi connectivity index (χ3v) is 6.12. The molecule has 1 N–H and O–H groups in total. The molecule has 2 fully saturated rings. The van der Waals surface area contributed by atoms with Gasteiger partial charge in [0.15, 0.2) is 0 Å². The van der Waals surface area contributed by atoms with Crippen LogP contribution in [0.4, 0.5) is 8.78 Å². The van der Waals surface area contributed by atoms with E-state index in [-0.39, 0.29) is 23.4 Å². The van der Waals surface area contributed by atoms with Crippen molar-refractivity contribution in [1.82, 2.24) is 15.1 Å². The topological polar surface area (TPSA) is 69.7 Å². The lowest BCUT2D eigenvalue weighted by Crippen LogP contribution is -2.53. The number of likely N-dealkylation sites (tertiary alicyclic amines) is 2. The van der Waals surface area contributed by atoms with Gasteiger partial charge in [0.25, 0.3) is 5.91 Å². The largest absolute Gasteiger partial charge is 0.350 e. The molecule has 32 heavy (non-hydrogen) atoms. The van der Waals surface area contributed by atoms with E-state index in [2.05, 4.69) is 5.32 Å². The maximum atomic E-state index is 13.5. The molecule has 1 atom stereocenters. The van der Waals surface area contributed by atoms with Gasteiger partial charge in [-0.05, 0) is 37.0 Å². The zero-order valence-electron chi connectivity index (χ0n) is 17.6. The summed E-state index contributed by atoms with van der Waals surface area (Å²) in [5.41, 5.74) is 0.952. The predicted molar refractivity (Wildman–Crippen MR) is 113 cm³/mol. The zero-order valence-corrected chi connectivity index (χ0v) is 17.6. The van der Waals surface area contributed by atoms with Crippen LogP contribution >= 0.6 is 0 Å². The molecule has 0 saturated carbocycles. The Bertz CT molecular complexity index is 987. The molecule has 0 aliphatic carbocycles. The first-order chi connectivity index (χ1) is 15.4. The highest BCUT2D eigenvalue weighted by atomic mass is 19.1. The van der Waals surface area contributed by atoms with Crippen molar-refractivity contribution in [2.75, 3.05) is 13.1 Å². The highest BCUT2D eigenvalue weighted by Crippen LogP contribution is 2.28. The molecule has 0 spiro atoms. The summed E-state index contributed by atoms with van der Waals surface area (Å²) >= 11 is 0. The molecule has 0 aromatic heterocycles. The van der Waals surface area contributed by atoms with Crippen molar-refractivity contribution >= 4 is 17.7 Å². The second kappa shape index (κ2) is 9.46. The molecule has 0 bridgehead atoms. The van der Waals surface area contributed by atoms with E-state index in [1.54, 1.807) is 4.90 Å². The number of nitrogens with zero attached hydrogens (tertiary/aromatic N) is 2. The average molecular weight is 441 g/mol. The van der Waals surface area contributed by atoms with Crippen LogP contribution in [0.25, 0.3) is 0 Å². The van der Waals surface area contributed by atoms with Gasteiger partial charge in [-0.25, -0.2) is 8.78 Å². The highest BCUT2D eigenvalue weighted by molar-refractivity contribution is 5.94. The Morgan fingerprint density at radius 2 is 1.62 bits per heavy atom. The smallest absolute Gasteiger partial charge is 0.254 e. The quantitative estimate of drug-likeness (QED) is 0.776. The zero-order chi connectivity index (χ0) is 22.7. The molecule has 0 radical (unpaired) electrons. The van der Waals surface area contributed by atoms with Crippen molar-refractivity contribution in [3.05, 3.63) is 71.3 Å². The number of hydrogen-bond donors (Lipinski definition) is 1. The Kier molecular flexibility index (Phi) is 6.48. The van der Waals surface area contributed by atoms with Crippen molar-refractivity contribution in [3.8, 4) is 0 Å². The number of hydrogen-bond acceptors (Lipinski definition) is 3. The number of benzene rings is 2. The molecule has 4 rings (SSSR count). The third kappa shape index (κ3) is 4.79. The molecular weight excluding hydrogens is 416 g/mol. The SMILES string of the molecule is O=C(NCc1ccccc1)C1CCC(=O)N1C1CCN(C(=O)c2cc(F)cc(F)c2)CC1. The molecular formula is C24H25F2N3O3. The van der Waals surface area contributed by atoms with Gasteiger partial charge in [0.1, 0.15) is 17.7 Å². The van der Waals surface area contributed by atoms with Crippen LogP contribution in [0.15, 0.2) is 48.5 Å². The van der Waals surface area contributed by atoms with Gasteiger partial charge in [-0.15, -0.1) is 0 Å². The number of carbonyl (C=O) groups is 3. The van der Waals surface area contributed by atoms with Crippen molar-refractivity contribution in [1.29, 1.82) is 0 Å². The van der Waals surface area contributed by atoms with Crippen molar-refractivity contribution < 1.29 is 23.2 Å². The Labute approximate surface area is 185 Å². The lowest BCUT2D eigenvalue weighted by atomic mass is 10.0. The summed E-state index contributed by atoms with van der Waals surface area (Å²) in [6.07, 6.45) is 1.82. The van der Waals surface area contributed by atoms with Crippen molar-refractivity contribution in [3.63, 3.8) is 0 Å². The standard InChI is InChI=1S/C24H25F2N3O3/c25-18-12-17(13-19(26)14-18)24(32)28-10-8-20(9-11-28)29-21(6-7-22(29)30)23(31)27-15-16-4-2-1-3-5-16/h1-5,12-14,20-21H,6-11,15H2,(H,27,31). The molecule has 168 valence electrons. The minimum Gasteiger partial charge on any atom is -0.350 e. The number of nitrogens with one attached hydrogen (secondary N) is 1. The van der Waals surface area contributed by atoms with Gasteiger partial charge < -0.3 is 15.1 Å². The van der Waals surface area contributed by atoms with Crippen molar-refractivity contribution in [2.24, 2.45) is 0 Å². The van der Waals surface area contributed by atoms with Crippen LogP contribution in [-0.2, 0) is 16.1 Å². The minimum absolute atomic E-state index is 0.0311. The second-order valence-electron chi connectivity index (χ2n) is 8.24. The van der Waals surface area contributed by atoms with Crippen LogP contribution in [0.3, 0.4) is 0 Å².